The number of piperidine rings is 1. The van der Waals surface area contributed by atoms with Crippen LogP contribution in [0.3, 0.4) is 0 Å². The summed E-state index contributed by atoms with van der Waals surface area (Å²) in [6.07, 6.45) is 5.12. The van der Waals surface area contributed by atoms with E-state index in [1.165, 1.54) is 32.4 Å². The molecule has 0 saturated carbocycles. The van der Waals surface area contributed by atoms with Crippen LogP contribution in [0.25, 0.3) is 0 Å². The zero-order valence-corrected chi connectivity index (χ0v) is 14.2. The van der Waals surface area contributed by atoms with Gasteiger partial charge in [-0.05, 0) is 38.3 Å². The van der Waals surface area contributed by atoms with E-state index in [4.69, 9.17) is 5.73 Å². The Morgan fingerprint density at radius 2 is 1.70 bits per heavy atom. The van der Waals surface area contributed by atoms with Crippen LogP contribution in [0, 0.1) is 5.92 Å². The van der Waals surface area contributed by atoms with Crippen LogP contribution in [-0.4, -0.2) is 54.0 Å². The van der Waals surface area contributed by atoms with E-state index in [0.717, 1.165) is 19.5 Å². The molecule has 20 heavy (non-hydrogen) atoms. The van der Waals surface area contributed by atoms with Crippen LogP contribution in [0.1, 0.15) is 39.5 Å². The first-order valence-electron chi connectivity index (χ1n) is 7.38. The molecule has 0 aromatic heterocycles. The molecule has 2 aliphatic rings. The van der Waals surface area contributed by atoms with Crippen molar-refractivity contribution in [2.45, 2.75) is 51.6 Å². The summed E-state index contributed by atoms with van der Waals surface area (Å²) >= 11 is 0. The van der Waals surface area contributed by atoms with Gasteiger partial charge in [-0.15, -0.1) is 24.8 Å². The van der Waals surface area contributed by atoms with E-state index in [2.05, 4.69) is 4.90 Å². The average molecular weight is 326 g/mol. The fraction of sp³-hybridized carbons (Fsp3) is 0.929. The molecule has 2 N–H and O–H groups in total. The van der Waals surface area contributed by atoms with Crippen LogP contribution < -0.4 is 5.73 Å². The maximum absolute atomic E-state index is 12.2. The maximum atomic E-state index is 12.2. The lowest BCUT2D eigenvalue weighted by molar-refractivity contribution is -0.132. The van der Waals surface area contributed by atoms with Crippen molar-refractivity contribution in [2.24, 2.45) is 11.7 Å². The van der Waals surface area contributed by atoms with Gasteiger partial charge in [0.15, 0.2) is 0 Å². The highest BCUT2D eigenvalue weighted by molar-refractivity contribution is 5.85. The van der Waals surface area contributed by atoms with Gasteiger partial charge in [-0.1, -0.05) is 20.3 Å². The molecule has 2 saturated heterocycles. The van der Waals surface area contributed by atoms with Gasteiger partial charge < -0.3 is 10.6 Å². The number of nitrogens with zero attached hydrogens (tertiary/aromatic N) is 2. The maximum Gasteiger partial charge on any atom is 0.239 e. The summed E-state index contributed by atoms with van der Waals surface area (Å²) in [5.74, 6) is 0.371. The van der Waals surface area contributed by atoms with Crippen molar-refractivity contribution in [1.82, 2.24) is 9.80 Å². The molecular weight excluding hydrogens is 297 g/mol. The van der Waals surface area contributed by atoms with Gasteiger partial charge in [0.05, 0.1) is 6.04 Å². The summed E-state index contributed by atoms with van der Waals surface area (Å²) in [7, 11) is 0. The zero-order chi connectivity index (χ0) is 13.1. The molecule has 1 amide bonds. The molecule has 1 unspecified atom stereocenters. The molecule has 2 aliphatic heterocycles. The Balaban J connectivity index is 0.00000180. The number of hydrogen-bond donors (Lipinski definition) is 1. The molecule has 120 valence electrons. The lowest BCUT2D eigenvalue weighted by Crippen LogP contribution is -2.47. The number of halogens is 2. The third-order valence-electron chi connectivity index (χ3n) is 4.39. The highest BCUT2D eigenvalue weighted by atomic mass is 35.5. The molecule has 2 fully saturated rings. The Morgan fingerprint density at radius 3 is 2.25 bits per heavy atom. The van der Waals surface area contributed by atoms with Crippen molar-refractivity contribution in [3.63, 3.8) is 0 Å². The van der Waals surface area contributed by atoms with E-state index in [1.54, 1.807) is 0 Å². The summed E-state index contributed by atoms with van der Waals surface area (Å²) in [6.45, 7) is 8.23. The second-order valence-corrected chi connectivity index (χ2v) is 6.09. The number of rotatable bonds is 3. The minimum Gasteiger partial charge on any atom is -0.340 e. The Labute approximate surface area is 135 Å². The van der Waals surface area contributed by atoms with E-state index in [9.17, 15) is 4.79 Å². The summed E-state index contributed by atoms with van der Waals surface area (Å²) in [5.41, 5.74) is 5.96. The van der Waals surface area contributed by atoms with Crippen molar-refractivity contribution in [3.05, 3.63) is 0 Å². The average Bonchev–Trinajstić information content (AvgIpc) is 2.87. The molecule has 0 aromatic rings. The summed E-state index contributed by atoms with van der Waals surface area (Å²) in [4.78, 5) is 16.7. The molecule has 0 aromatic carbocycles. The van der Waals surface area contributed by atoms with Gasteiger partial charge in [-0.25, -0.2) is 0 Å². The third kappa shape index (κ3) is 4.76. The Hall–Kier alpha value is -0.0300. The van der Waals surface area contributed by atoms with Gasteiger partial charge in [0.2, 0.25) is 5.91 Å². The lowest BCUT2D eigenvalue weighted by Gasteiger charge is -2.32. The standard InChI is InChI=1S/C14H27N3O.2ClH/c1-11(2)13(15)14(18)17-9-6-12(10-17)16-7-4-3-5-8-16;;/h11-13H,3-10,15H2,1-2H3;2*1H/t12?,13-;;/m0../s1. The minimum atomic E-state index is -0.329. The number of carbonyl (C=O) groups excluding carboxylic acids is 1. The molecule has 2 rings (SSSR count). The quantitative estimate of drug-likeness (QED) is 0.862. The Bertz CT molecular complexity index is 296. The fourth-order valence-electron chi connectivity index (χ4n) is 3.02. The Morgan fingerprint density at radius 1 is 1.10 bits per heavy atom. The number of carbonyl (C=O) groups is 1. The Kier molecular flexibility index (Phi) is 9.07. The van der Waals surface area contributed by atoms with Crippen molar-refractivity contribution in [1.29, 1.82) is 0 Å². The second-order valence-electron chi connectivity index (χ2n) is 6.09. The zero-order valence-electron chi connectivity index (χ0n) is 12.6. The number of hydrogen-bond acceptors (Lipinski definition) is 3. The molecule has 0 bridgehead atoms. The lowest BCUT2D eigenvalue weighted by atomic mass is 10.0. The summed E-state index contributed by atoms with van der Waals surface area (Å²) < 4.78 is 0. The summed E-state index contributed by atoms with van der Waals surface area (Å²) in [6, 6.07) is 0.249. The van der Waals surface area contributed by atoms with E-state index in [0.29, 0.717) is 6.04 Å². The van der Waals surface area contributed by atoms with Crippen LogP contribution in [-0.2, 0) is 4.79 Å². The SMILES string of the molecule is CC(C)[C@H](N)C(=O)N1CCC(N2CCCCC2)C1.Cl.Cl. The van der Waals surface area contributed by atoms with Gasteiger partial charge >= 0.3 is 0 Å². The highest BCUT2D eigenvalue weighted by Crippen LogP contribution is 2.21. The molecule has 0 spiro atoms. The normalized spacial score (nSPS) is 25.0. The molecule has 0 aliphatic carbocycles. The number of nitrogens with two attached hydrogens (primary N) is 1. The molecule has 2 atom stereocenters. The first-order chi connectivity index (χ1) is 8.59. The second kappa shape index (κ2) is 9.08. The molecule has 0 radical (unpaired) electrons. The number of amides is 1. The van der Waals surface area contributed by atoms with Gasteiger partial charge in [0.25, 0.3) is 0 Å². The molecule has 6 heteroatoms. The van der Waals surface area contributed by atoms with E-state index in [1.807, 2.05) is 18.7 Å². The molecule has 2 heterocycles. The topological polar surface area (TPSA) is 49.6 Å². The smallest absolute Gasteiger partial charge is 0.239 e. The monoisotopic (exact) mass is 325 g/mol. The predicted octanol–water partition coefficient (Wildman–Crippen LogP) is 1.90. The van der Waals surface area contributed by atoms with Crippen molar-refractivity contribution in [2.75, 3.05) is 26.2 Å². The van der Waals surface area contributed by atoms with E-state index < -0.39 is 0 Å². The van der Waals surface area contributed by atoms with Gasteiger partial charge in [-0.2, -0.15) is 0 Å². The van der Waals surface area contributed by atoms with Crippen LogP contribution in [0.5, 0.6) is 0 Å². The van der Waals surface area contributed by atoms with Crippen LogP contribution >= 0.6 is 24.8 Å². The first kappa shape index (κ1) is 20.0. The largest absolute Gasteiger partial charge is 0.340 e. The van der Waals surface area contributed by atoms with Crippen LogP contribution in [0.2, 0.25) is 0 Å². The highest BCUT2D eigenvalue weighted by Gasteiger charge is 2.33. The van der Waals surface area contributed by atoms with Crippen LogP contribution in [0.4, 0.5) is 0 Å². The van der Waals surface area contributed by atoms with E-state index >= 15 is 0 Å². The fourth-order valence-corrected chi connectivity index (χ4v) is 3.02. The first-order valence-corrected chi connectivity index (χ1v) is 7.38. The van der Waals surface area contributed by atoms with Crippen molar-refractivity contribution in [3.8, 4) is 0 Å². The van der Waals surface area contributed by atoms with Gasteiger partial charge in [-0.3, -0.25) is 9.69 Å². The molecular formula is C14H29Cl2N3O. The van der Waals surface area contributed by atoms with E-state index in [-0.39, 0.29) is 42.7 Å². The minimum absolute atomic E-state index is 0. The van der Waals surface area contributed by atoms with Gasteiger partial charge in [0, 0.05) is 19.1 Å². The van der Waals surface area contributed by atoms with Crippen LogP contribution in [0.15, 0.2) is 0 Å². The summed E-state index contributed by atoms with van der Waals surface area (Å²) in [5, 5.41) is 0. The third-order valence-corrected chi connectivity index (χ3v) is 4.39. The molecule has 4 nitrogen and oxygen atoms in total. The van der Waals surface area contributed by atoms with Crippen molar-refractivity contribution >= 4 is 30.7 Å². The van der Waals surface area contributed by atoms with Gasteiger partial charge in [0.1, 0.15) is 0 Å². The van der Waals surface area contributed by atoms with Crippen molar-refractivity contribution < 1.29 is 4.79 Å². The number of likely N-dealkylation sites (tertiary alicyclic amines) is 2. The predicted molar refractivity (Wildman–Crippen MR) is 87.7 cm³/mol.